The van der Waals surface area contributed by atoms with Crippen LogP contribution in [0.2, 0.25) is 0 Å². The predicted octanol–water partition coefficient (Wildman–Crippen LogP) is 4.95. The molecular formula is C33H38N2O2. The zero-order chi connectivity index (χ0) is 25.5. The molecule has 0 amide bonds. The van der Waals surface area contributed by atoms with Crippen LogP contribution in [0.5, 0.6) is 5.75 Å². The fourth-order valence-corrected chi connectivity index (χ4v) is 5.64. The van der Waals surface area contributed by atoms with Crippen molar-refractivity contribution in [3.63, 3.8) is 0 Å². The minimum Gasteiger partial charge on any atom is -0.508 e. The minimum absolute atomic E-state index is 0.156. The molecule has 1 aliphatic carbocycles. The maximum atomic E-state index is 9.97. The van der Waals surface area contributed by atoms with Gasteiger partial charge in [-0.3, -0.25) is 0 Å². The summed E-state index contributed by atoms with van der Waals surface area (Å²) in [5.74, 6) is 0.266. The number of phenols is 1. The second-order valence-corrected chi connectivity index (χ2v) is 10.1. The standard InChI is InChI=1S/C33H38N2O2/c36-25-7-10-31(26-8-3-1-4-9-26)33(29-13-16-30(37)17-14-29)28-12-11-27-19-22-35(32(27)18-15-28)24-23-34-20-5-2-6-21-34/h1,3-4,8-9,11,13-19,22,36-37H,2,5-7,10,12,20-21,23-25H2/b33-31+. The highest BCUT2D eigenvalue weighted by atomic mass is 16.3. The smallest absolute Gasteiger partial charge is 0.115 e. The van der Waals surface area contributed by atoms with Crippen molar-refractivity contribution >= 4 is 23.3 Å². The number of aromatic nitrogens is 1. The normalized spacial score (nSPS) is 16.6. The molecule has 1 aliphatic heterocycles. The van der Waals surface area contributed by atoms with Gasteiger partial charge in [0.1, 0.15) is 5.75 Å². The highest BCUT2D eigenvalue weighted by molar-refractivity contribution is 5.99. The van der Waals surface area contributed by atoms with E-state index in [1.807, 2.05) is 18.2 Å². The first-order chi connectivity index (χ1) is 18.2. The van der Waals surface area contributed by atoms with Crippen molar-refractivity contribution in [3.8, 4) is 5.75 Å². The van der Waals surface area contributed by atoms with E-state index >= 15 is 0 Å². The Morgan fingerprint density at radius 1 is 0.811 bits per heavy atom. The fraction of sp³-hybridized carbons (Fsp3) is 0.333. The molecule has 37 heavy (non-hydrogen) atoms. The number of allylic oxidation sites excluding steroid dienone is 4. The van der Waals surface area contributed by atoms with E-state index in [9.17, 15) is 10.2 Å². The van der Waals surface area contributed by atoms with Crippen molar-refractivity contribution in [3.05, 3.63) is 100 Å². The quantitative estimate of drug-likeness (QED) is 0.414. The molecule has 0 bridgehead atoms. The summed E-state index contributed by atoms with van der Waals surface area (Å²) in [5, 5.41) is 22.2. The van der Waals surface area contributed by atoms with Gasteiger partial charge in [0.05, 0.1) is 0 Å². The lowest BCUT2D eigenvalue weighted by Crippen LogP contribution is -2.36. The minimum atomic E-state index is 0.156. The first-order valence-electron chi connectivity index (χ1n) is 13.7. The van der Waals surface area contributed by atoms with Crippen molar-refractivity contribution in [1.82, 2.24) is 9.47 Å². The van der Waals surface area contributed by atoms with Gasteiger partial charge < -0.3 is 19.7 Å². The summed E-state index contributed by atoms with van der Waals surface area (Å²) in [6.45, 7) is 4.71. The van der Waals surface area contributed by atoms with E-state index < -0.39 is 0 Å². The Hall–Kier alpha value is -3.34. The van der Waals surface area contributed by atoms with E-state index in [0.29, 0.717) is 6.42 Å². The lowest BCUT2D eigenvalue weighted by atomic mass is 9.85. The Morgan fingerprint density at radius 2 is 1.59 bits per heavy atom. The van der Waals surface area contributed by atoms with Crippen LogP contribution in [0.1, 0.15) is 49.7 Å². The molecule has 192 valence electrons. The van der Waals surface area contributed by atoms with Crippen LogP contribution >= 0.6 is 0 Å². The van der Waals surface area contributed by atoms with Crippen LogP contribution in [-0.4, -0.2) is 45.9 Å². The highest BCUT2D eigenvalue weighted by Gasteiger charge is 2.17. The van der Waals surface area contributed by atoms with Crippen molar-refractivity contribution in [2.75, 3.05) is 26.2 Å². The Labute approximate surface area is 220 Å². The summed E-state index contributed by atoms with van der Waals surface area (Å²) in [5.41, 5.74) is 5.93. The molecule has 0 unspecified atom stereocenters. The van der Waals surface area contributed by atoms with Gasteiger partial charge in [-0.25, -0.2) is 0 Å². The third kappa shape index (κ3) is 6.15. The maximum Gasteiger partial charge on any atom is 0.115 e. The number of phenolic OH excluding ortho intramolecular Hbond substituents is 1. The summed E-state index contributed by atoms with van der Waals surface area (Å²) in [4.78, 5) is 2.59. The lowest BCUT2D eigenvalue weighted by Gasteiger charge is -2.26. The molecular weight excluding hydrogens is 456 g/mol. The fourth-order valence-electron chi connectivity index (χ4n) is 5.64. The molecule has 3 aromatic rings. The average Bonchev–Trinajstić information content (AvgIpc) is 3.21. The van der Waals surface area contributed by atoms with Crippen LogP contribution in [-0.2, 0) is 6.54 Å². The molecule has 0 saturated carbocycles. The number of hydrogen-bond donors (Lipinski definition) is 2. The van der Waals surface area contributed by atoms with E-state index in [4.69, 9.17) is 0 Å². The SMILES string of the molecule is OCCC/C(=C(/C1=CC=c2c(ccn2CCN2CCCCC2)=CC1)c1ccc(O)cc1)c1ccccc1. The van der Waals surface area contributed by atoms with Crippen LogP contribution in [0, 0.1) is 0 Å². The number of aromatic hydroxyl groups is 1. The van der Waals surface area contributed by atoms with Crippen LogP contribution in [0.4, 0.5) is 0 Å². The summed E-state index contributed by atoms with van der Waals surface area (Å²) < 4.78 is 2.40. The summed E-state index contributed by atoms with van der Waals surface area (Å²) >= 11 is 0. The molecule has 2 heterocycles. The summed E-state index contributed by atoms with van der Waals surface area (Å²) in [6.07, 6.45) is 15.5. The first kappa shape index (κ1) is 25.3. The number of fused-ring (bicyclic) bond motifs is 1. The van der Waals surface area contributed by atoms with Gasteiger partial charge >= 0.3 is 0 Å². The number of aliphatic hydroxyl groups excluding tert-OH is 1. The van der Waals surface area contributed by atoms with Crippen molar-refractivity contribution < 1.29 is 10.2 Å². The van der Waals surface area contributed by atoms with Gasteiger partial charge in [-0.1, -0.05) is 61.0 Å². The van der Waals surface area contributed by atoms with E-state index in [-0.39, 0.29) is 12.4 Å². The number of piperidine rings is 1. The van der Waals surface area contributed by atoms with Crippen molar-refractivity contribution in [2.24, 2.45) is 0 Å². The van der Waals surface area contributed by atoms with Gasteiger partial charge in [0.25, 0.3) is 0 Å². The van der Waals surface area contributed by atoms with E-state index in [1.165, 1.54) is 65.2 Å². The van der Waals surface area contributed by atoms with Crippen molar-refractivity contribution in [2.45, 2.75) is 45.1 Å². The molecule has 5 rings (SSSR count). The number of aliphatic hydroxyl groups is 1. The molecule has 1 saturated heterocycles. The number of hydrogen-bond acceptors (Lipinski definition) is 3. The number of rotatable bonds is 9. The Kier molecular flexibility index (Phi) is 8.39. The Bertz CT molecular complexity index is 1360. The summed E-state index contributed by atoms with van der Waals surface area (Å²) in [7, 11) is 0. The van der Waals surface area contributed by atoms with Gasteiger partial charge in [0.15, 0.2) is 0 Å². The van der Waals surface area contributed by atoms with Gasteiger partial charge in [-0.15, -0.1) is 0 Å². The van der Waals surface area contributed by atoms with Gasteiger partial charge in [-0.2, -0.15) is 0 Å². The number of benzene rings is 2. The number of likely N-dealkylation sites (tertiary alicyclic amines) is 1. The zero-order valence-electron chi connectivity index (χ0n) is 21.6. The molecule has 2 aromatic carbocycles. The molecule has 0 atom stereocenters. The third-order valence-corrected chi connectivity index (χ3v) is 7.62. The van der Waals surface area contributed by atoms with Crippen LogP contribution in [0.3, 0.4) is 0 Å². The molecule has 0 spiro atoms. The molecule has 1 aromatic heterocycles. The average molecular weight is 495 g/mol. The van der Waals surface area contributed by atoms with E-state index in [1.54, 1.807) is 12.1 Å². The van der Waals surface area contributed by atoms with Crippen LogP contribution < -0.4 is 10.6 Å². The van der Waals surface area contributed by atoms with Crippen LogP contribution in [0.15, 0.2) is 78.5 Å². The predicted molar refractivity (Wildman–Crippen MR) is 153 cm³/mol. The van der Waals surface area contributed by atoms with Crippen molar-refractivity contribution in [1.29, 1.82) is 0 Å². The zero-order valence-corrected chi connectivity index (χ0v) is 21.6. The van der Waals surface area contributed by atoms with E-state index in [2.05, 4.69) is 64.2 Å². The van der Waals surface area contributed by atoms with Crippen LogP contribution in [0.25, 0.3) is 23.3 Å². The van der Waals surface area contributed by atoms with E-state index in [0.717, 1.165) is 31.5 Å². The van der Waals surface area contributed by atoms with Gasteiger partial charge in [0, 0.05) is 31.2 Å². The largest absolute Gasteiger partial charge is 0.508 e. The second-order valence-electron chi connectivity index (χ2n) is 10.1. The molecule has 0 radical (unpaired) electrons. The monoisotopic (exact) mass is 494 g/mol. The highest BCUT2D eigenvalue weighted by Crippen LogP contribution is 2.37. The lowest BCUT2D eigenvalue weighted by molar-refractivity contribution is 0.220. The molecule has 1 fully saturated rings. The Balaban J connectivity index is 1.55. The molecule has 2 N–H and O–H groups in total. The topological polar surface area (TPSA) is 48.6 Å². The summed E-state index contributed by atoms with van der Waals surface area (Å²) in [6, 6.07) is 20.3. The maximum absolute atomic E-state index is 9.97. The molecule has 4 heteroatoms. The molecule has 4 nitrogen and oxygen atoms in total. The first-order valence-corrected chi connectivity index (χ1v) is 13.7. The van der Waals surface area contributed by atoms with Gasteiger partial charge in [-0.05, 0) is 103 Å². The Morgan fingerprint density at radius 3 is 2.35 bits per heavy atom. The third-order valence-electron chi connectivity index (χ3n) is 7.62. The van der Waals surface area contributed by atoms with Gasteiger partial charge in [0.2, 0.25) is 0 Å². The second kappa shape index (κ2) is 12.3. The number of nitrogens with zero attached hydrogens (tertiary/aromatic N) is 2. The molecule has 2 aliphatic rings.